The summed E-state index contributed by atoms with van der Waals surface area (Å²) in [6, 6.07) is 4.92. The molecule has 1 aromatic rings. The molecule has 0 bridgehead atoms. The minimum atomic E-state index is 0.433. The van der Waals surface area contributed by atoms with Crippen LogP contribution in [0.25, 0.3) is 0 Å². The number of aldehydes is 1. The van der Waals surface area contributed by atoms with E-state index in [-0.39, 0.29) is 0 Å². The Balaban J connectivity index is 2.81. The maximum absolute atomic E-state index is 10.9. The second kappa shape index (κ2) is 12.1. The third-order valence-electron chi connectivity index (χ3n) is 2.52. The molecule has 0 radical (unpaired) electrons. The predicted octanol–water partition coefficient (Wildman–Crippen LogP) is 5.08. The van der Waals surface area contributed by atoms with Crippen molar-refractivity contribution in [2.75, 3.05) is 0 Å². The van der Waals surface area contributed by atoms with Gasteiger partial charge in [-0.15, -0.1) is 11.5 Å². The molecule has 0 aliphatic carbocycles. The van der Waals surface area contributed by atoms with Gasteiger partial charge in [0.2, 0.25) is 0 Å². The third kappa shape index (κ3) is 7.48. The summed E-state index contributed by atoms with van der Waals surface area (Å²) < 4.78 is 11.0. The van der Waals surface area contributed by atoms with E-state index < -0.39 is 0 Å². The molecule has 3 heteroatoms. The van der Waals surface area contributed by atoms with E-state index in [2.05, 4.69) is 24.6 Å². The number of carbonyl (C=O) groups excluding carboxylic acids is 1. The Bertz CT molecular complexity index is 751. The van der Waals surface area contributed by atoms with Crippen LogP contribution in [0.5, 0.6) is 11.5 Å². The molecule has 1 rings (SSSR count). The van der Waals surface area contributed by atoms with Crippen molar-refractivity contribution in [3.05, 3.63) is 110 Å². The maximum atomic E-state index is 10.9. The van der Waals surface area contributed by atoms with Gasteiger partial charge in [0.25, 0.3) is 0 Å². The van der Waals surface area contributed by atoms with Crippen molar-refractivity contribution in [3.63, 3.8) is 0 Å². The molecule has 1 aromatic carbocycles. The molecule has 0 unspecified atom stereocenters. The molecule has 0 aliphatic heterocycles. The maximum Gasteiger partial charge on any atom is 0.169 e. The van der Waals surface area contributed by atoms with E-state index in [4.69, 9.17) is 9.47 Å². The lowest BCUT2D eigenvalue weighted by atomic mass is 10.2. The van der Waals surface area contributed by atoms with Crippen LogP contribution in [0, 0.1) is 0 Å². The van der Waals surface area contributed by atoms with Crippen LogP contribution in [-0.4, -0.2) is 6.29 Å². The van der Waals surface area contributed by atoms with Crippen molar-refractivity contribution in [2.24, 2.45) is 0 Å². The van der Waals surface area contributed by atoms with Gasteiger partial charge in [-0.05, 0) is 42.5 Å². The smallest absolute Gasteiger partial charge is 0.169 e. The first-order chi connectivity index (χ1) is 11.8. The quantitative estimate of drug-likeness (QED) is 0.276. The molecule has 0 heterocycles. The summed E-state index contributed by atoms with van der Waals surface area (Å²) in [6.45, 7) is 6.91. The Labute approximate surface area is 142 Å². The molecule has 0 amide bonds. The highest BCUT2D eigenvalue weighted by Crippen LogP contribution is 2.28. The second-order valence-corrected chi connectivity index (χ2v) is 4.23. The number of ether oxygens (including phenoxy) is 2. The second-order valence-electron chi connectivity index (χ2n) is 4.23. The van der Waals surface area contributed by atoms with Gasteiger partial charge in [-0.2, -0.15) is 0 Å². The highest BCUT2D eigenvalue weighted by atomic mass is 16.5. The summed E-state index contributed by atoms with van der Waals surface area (Å²) >= 11 is 0. The minimum absolute atomic E-state index is 0.433. The van der Waals surface area contributed by atoms with E-state index in [9.17, 15) is 4.79 Å². The molecule has 0 spiro atoms. The monoisotopic (exact) mass is 318 g/mol. The van der Waals surface area contributed by atoms with Crippen LogP contribution in [0.15, 0.2) is 104 Å². The zero-order valence-electron chi connectivity index (χ0n) is 13.2. The first kappa shape index (κ1) is 18.5. The van der Waals surface area contributed by atoms with Crippen LogP contribution >= 0.6 is 0 Å². The van der Waals surface area contributed by atoms with Gasteiger partial charge < -0.3 is 9.47 Å². The fraction of sp³-hybridized carbons (Fsp3) is 0. The van der Waals surface area contributed by atoms with Crippen LogP contribution in [0.4, 0.5) is 0 Å². The van der Waals surface area contributed by atoms with E-state index in [1.807, 2.05) is 0 Å². The normalized spacial score (nSPS) is 10.8. The van der Waals surface area contributed by atoms with Crippen LogP contribution in [0.1, 0.15) is 10.4 Å². The molecule has 24 heavy (non-hydrogen) atoms. The van der Waals surface area contributed by atoms with E-state index in [0.717, 1.165) is 6.29 Å². The molecule has 120 valence electrons. The first-order valence-electron chi connectivity index (χ1n) is 7.09. The lowest BCUT2D eigenvalue weighted by Gasteiger charge is -2.07. The lowest BCUT2D eigenvalue weighted by Crippen LogP contribution is -1.91. The lowest BCUT2D eigenvalue weighted by molar-refractivity contribution is 0.112. The summed E-state index contributed by atoms with van der Waals surface area (Å²) in [4.78, 5) is 10.9. The highest BCUT2D eigenvalue weighted by Gasteiger charge is 2.04. The average molecular weight is 318 g/mol. The summed E-state index contributed by atoms with van der Waals surface area (Å²) in [7, 11) is 0. The number of allylic oxidation sites excluding steroid dienone is 8. The molecule has 0 saturated heterocycles. The fourth-order valence-electron chi connectivity index (χ4n) is 1.48. The molecule has 0 N–H and O–H groups in total. The van der Waals surface area contributed by atoms with Crippen LogP contribution < -0.4 is 9.47 Å². The number of rotatable bonds is 9. The number of hydrogen-bond acceptors (Lipinski definition) is 3. The zero-order chi connectivity index (χ0) is 17.5. The largest absolute Gasteiger partial charge is 0.461 e. The zero-order valence-corrected chi connectivity index (χ0v) is 13.2. The van der Waals surface area contributed by atoms with Gasteiger partial charge in [0, 0.05) is 5.56 Å². The van der Waals surface area contributed by atoms with Crippen molar-refractivity contribution in [3.8, 4) is 11.5 Å². The van der Waals surface area contributed by atoms with E-state index in [1.165, 1.54) is 12.5 Å². The Morgan fingerprint density at radius 3 is 1.92 bits per heavy atom. The van der Waals surface area contributed by atoms with Crippen molar-refractivity contribution in [1.29, 1.82) is 0 Å². The standard InChI is InChI=1S/C21H18O3/c1-3-5-7-9-11-15-23-20-14-13-19(18-22)17-21(20)24-16-12-10-8-6-4-2/h5-18H,1-2H2. The number of hydrogen-bond donors (Lipinski definition) is 0. The SMILES string of the molecule is C=C=CC=CC=COc1ccc(C=O)cc1OC=CC=CC=C=C. The van der Waals surface area contributed by atoms with Crippen LogP contribution in [0.3, 0.4) is 0 Å². The molecular weight excluding hydrogens is 300 g/mol. The van der Waals surface area contributed by atoms with Crippen LogP contribution in [0.2, 0.25) is 0 Å². The molecule has 0 aromatic heterocycles. The average Bonchev–Trinajstić information content (AvgIpc) is 2.61. The third-order valence-corrected chi connectivity index (χ3v) is 2.52. The summed E-state index contributed by atoms with van der Waals surface area (Å²) in [5.41, 5.74) is 5.75. The van der Waals surface area contributed by atoms with E-state index >= 15 is 0 Å². The summed E-state index contributed by atoms with van der Waals surface area (Å²) in [5, 5.41) is 0. The van der Waals surface area contributed by atoms with Crippen molar-refractivity contribution in [2.45, 2.75) is 0 Å². The predicted molar refractivity (Wildman–Crippen MR) is 97.1 cm³/mol. The Morgan fingerprint density at radius 1 is 0.792 bits per heavy atom. The molecular formula is C21H18O3. The Hall–Kier alpha value is -3.51. The summed E-state index contributed by atoms with van der Waals surface area (Å²) in [5.74, 6) is 0.923. The topological polar surface area (TPSA) is 35.5 Å². The van der Waals surface area contributed by atoms with Crippen LogP contribution in [-0.2, 0) is 0 Å². The molecule has 0 saturated carbocycles. The van der Waals surface area contributed by atoms with Crippen molar-refractivity contribution < 1.29 is 14.3 Å². The van der Waals surface area contributed by atoms with E-state index in [1.54, 1.807) is 66.8 Å². The molecule has 3 nitrogen and oxygen atoms in total. The molecule has 0 fully saturated rings. The molecule has 0 atom stereocenters. The van der Waals surface area contributed by atoms with Gasteiger partial charge in [0.1, 0.15) is 6.29 Å². The Morgan fingerprint density at radius 2 is 1.38 bits per heavy atom. The number of carbonyl (C=O) groups is 1. The Kier molecular flexibility index (Phi) is 9.33. The van der Waals surface area contributed by atoms with Gasteiger partial charge in [-0.1, -0.05) is 37.5 Å². The molecule has 0 aliphatic rings. The van der Waals surface area contributed by atoms with E-state index in [0.29, 0.717) is 17.1 Å². The van der Waals surface area contributed by atoms with Gasteiger partial charge in [0.05, 0.1) is 12.5 Å². The van der Waals surface area contributed by atoms with Crippen molar-refractivity contribution >= 4 is 6.29 Å². The number of benzene rings is 1. The van der Waals surface area contributed by atoms with Gasteiger partial charge >= 0.3 is 0 Å². The minimum Gasteiger partial charge on any atom is -0.461 e. The summed E-state index contributed by atoms with van der Waals surface area (Å²) in [6.07, 6.45) is 17.6. The van der Waals surface area contributed by atoms with Gasteiger partial charge in [-0.25, -0.2) is 0 Å². The van der Waals surface area contributed by atoms with Crippen molar-refractivity contribution in [1.82, 2.24) is 0 Å². The van der Waals surface area contributed by atoms with Gasteiger partial charge in [0.15, 0.2) is 11.5 Å². The highest BCUT2D eigenvalue weighted by molar-refractivity contribution is 5.76. The van der Waals surface area contributed by atoms with Gasteiger partial charge in [-0.3, -0.25) is 4.79 Å². The fourth-order valence-corrected chi connectivity index (χ4v) is 1.48. The first-order valence-corrected chi connectivity index (χ1v) is 7.09.